The summed E-state index contributed by atoms with van der Waals surface area (Å²) in [6.07, 6.45) is 0. The summed E-state index contributed by atoms with van der Waals surface area (Å²) in [5.74, 6) is -1.08. The molecule has 8 nitrogen and oxygen atoms in total. The Hall–Kier alpha value is -3.98. The Morgan fingerprint density at radius 2 is 1.65 bits per heavy atom. The number of aliphatic imine (C=N–C) groups is 1. The van der Waals surface area contributed by atoms with E-state index in [0.29, 0.717) is 28.5 Å². The Morgan fingerprint density at radius 1 is 0.892 bits per heavy atom. The van der Waals surface area contributed by atoms with E-state index in [2.05, 4.69) is 4.99 Å². The number of hydrogen-bond acceptors (Lipinski definition) is 9. The van der Waals surface area contributed by atoms with Crippen LogP contribution < -0.4 is 9.47 Å². The predicted molar refractivity (Wildman–Crippen MR) is 142 cm³/mol. The molecule has 3 aromatic rings. The van der Waals surface area contributed by atoms with Crippen LogP contribution in [0.4, 0.5) is 0 Å². The molecule has 1 aliphatic heterocycles. The Labute approximate surface area is 219 Å². The van der Waals surface area contributed by atoms with Gasteiger partial charge in [-0.05, 0) is 43.7 Å². The van der Waals surface area contributed by atoms with Crippen molar-refractivity contribution >= 4 is 29.0 Å². The van der Waals surface area contributed by atoms with E-state index in [9.17, 15) is 9.59 Å². The topological polar surface area (TPSA) is 96.3 Å². The van der Waals surface area contributed by atoms with Gasteiger partial charge in [0.1, 0.15) is 10.9 Å². The van der Waals surface area contributed by atoms with Crippen LogP contribution in [0.2, 0.25) is 0 Å². The van der Waals surface area contributed by atoms with Crippen LogP contribution in [0, 0.1) is 5.92 Å². The molecule has 2 atom stereocenters. The van der Waals surface area contributed by atoms with E-state index < -0.39 is 23.8 Å². The van der Waals surface area contributed by atoms with Crippen molar-refractivity contribution in [3.8, 4) is 33.3 Å². The van der Waals surface area contributed by atoms with Crippen molar-refractivity contribution in [1.82, 2.24) is 4.98 Å². The Kier molecular flexibility index (Phi) is 7.73. The molecule has 0 amide bonds. The first-order valence-corrected chi connectivity index (χ1v) is 12.4. The van der Waals surface area contributed by atoms with Crippen LogP contribution in [0.3, 0.4) is 0 Å². The van der Waals surface area contributed by atoms with E-state index in [1.165, 1.54) is 25.6 Å². The maximum atomic E-state index is 12.8. The Bertz CT molecular complexity index is 1410. The molecule has 1 aromatic heterocycles. The standard InChI is InChI=1S/C28H28N2O6S/c1-15-23(27(31)35-5)25(24(16(2)29-15)28(32)36-6)18-8-7-9-19(12-18)26-30-20(14-37-26)17-10-11-21(33-3)22(13-17)34-4/h7-14,23,25H,1-6H3. The molecule has 4 rings (SSSR count). The Balaban J connectivity index is 1.76. The summed E-state index contributed by atoms with van der Waals surface area (Å²) in [6.45, 7) is 3.52. The van der Waals surface area contributed by atoms with Gasteiger partial charge in [0.05, 0.1) is 39.7 Å². The van der Waals surface area contributed by atoms with Crippen LogP contribution in [-0.4, -0.2) is 51.1 Å². The minimum atomic E-state index is -0.753. The second kappa shape index (κ2) is 11.0. The molecule has 37 heavy (non-hydrogen) atoms. The van der Waals surface area contributed by atoms with Gasteiger partial charge < -0.3 is 18.9 Å². The highest BCUT2D eigenvalue weighted by Crippen LogP contribution is 2.41. The summed E-state index contributed by atoms with van der Waals surface area (Å²) in [7, 11) is 5.84. The van der Waals surface area contributed by atoms with Crippen molar-refractivity contribution in [3.05, 3.63) is 64.7 Å². The van der Waals surface area contributed by atoms with Gasteiger partial charge in [0.2, 0.25) is 0 Å². The number of carbonyl (C=O) groups is 2. The zero-order valence-corrected chi connectivity index (χ0v) is 22.3. The molecule has 0 bridgehead atoms. The number of benzene rings is 2. The number of nitrogens with zero attached hydrogens (tertiary/aromatic N) is 2. The smallest absolute Gasteiger partial charge is 0.336 e. The molecule has 2 unspecified atom stereocenters. The number of thiazole rings is 1. The van der Waals surface area contributed by atoms with Gasteiger partial charge in [-0.3, -0.25) is 9.79 Å². The highest BCUT2D eigenvalue weighted by molar-refractivity contribution is 7.13. The number of rotatable bonds is 7. The SMILES string of the molecule is COC(=O)C1=C(C)N=C(C)C(C(=O)OC)C1c1cccc(-c2nc(-c3ccc(OC)c(OC)c3)cs2)c1. The van der Waals surface area contributed by atoms with Crippen molar-refractivity contribution in [2.45, 2.75) is 19.8 Å². The van der Waals surface area contributed by atoms with E-state index in [1.807, 2.05) is 47.8 Å². The lowest BCUT2D eigenvalue weighted by Gasteiger charge is -2.31. The lowest BCUT2D eigenvalue weighted by Crippen LogP contribution is -2.36. The molecule has 192 valence electrons. The number of methoxy groups -OCH3 is 4. The minimum absolute atomic E-state index is 0.339. The van der Waals surface area contributed by atoms with E-state index in [-0.39, 0.29) is 0 Å². The van der Waals surface area contributed by atoms with E-state index in [1.54, 1.807) is 28.1 Å². The monoisotopic (exact) mass is 520 g/mol. The molecule has 0 radical (unpaired) electrons. The first kappa shape index (κ1) is 26.1. The van der Waals surface area contributed by atoms with E-state index in [0.717, 1.165) is 27.4 Å². The highest BCUT2D eigenvalue weighted by atomic mass is 32.1. The third kappa shape index (κ3) is 4.99. The largest absolute Gasteiger partial charge is 0.493 e. The normalized spacial score (nSPS) is 17.2. The van der Waals surface area contributed by atoms with Gasteiger partial charge in [-0.2, -0.15) is 0 Å². The van der Waals surface area contributed by atoms with Gasteiger partial charge in [-0.25, -0.2) is 9.78 Å². The van der Waals surface area contributed by atoms with Crippen LogP contribution in [-0.2, 0) is 19.1 Å². The zero-order valence-electron chi connectivity index (χ0n) is 21.5. The molecule has 0 spiro atoms. The maximum absolute atomic E-state index is 12.8. The molecular formula is C28H28N2O6S. The fraction of sp³-hybridized carbons (Fsp3) is 0.286. The average Bonchev–Trinajstić information content (AvgIpc) is 3.42. The number of hydrogen-bond donors (Lipinski definition) is 0. The third-order valence-electron chi connectivity index (χ3n) is 6.36. The van der Waals surface area contributed by atoms with Gasteiger partial charge in [0.15, 0.2) is 11.5 Å². The fourth-order valence-corrected chi connectivity index (χ4v) is 5.43. The van der Waals surface area contributed by atoms with Crippen molar-refractivity contribution in [3.63, 3.8) is 0 Å². The second-order valence-corrected chi connectivity index (χ2v) is 9.31. The maximum Gasteiger partial charge on any atom is 0.336 e. The predicted octanol–water partition coefficient (Wildman–Crippen LogP) is 5.29. The minimum Gasteiger partial charge on any atom is -0.493 e. The van der Waals surface area contributed by atoms with Gasteiger partial charge in [0, 0.05) is 33.8 Å². The summed E-state index contributed by atoms with van der Waals surface area (Å²) in [5, 5.41) is 2.77. The summed E-state index contributed by atoms with van der Waals surface area (Å²) in [6, 6.07) is 13.3. The van der Waals surface area contributed by atoms with E-state index >= 15 is 0 Å². The third-order valence-corrected chi connectivity index (χ3v) is 7.26. The molecule has 2 aromatic carbocycles. The molecule has 0 fully saturated rings. The highest BCUT2D eigenvalue weighted by Gasteiger charge is 2.42. The molecule has 0 saturated heterocycles. The first-order valence-electron chi connectivity index (χ1n) is 11.5. The van der Waals surface area contributed by atoms with Crippen molar-refractivity contribution in [2.24, 2.45) is 10.9 Å². The van der Waals surface area contributed by atoms with Gasteiger partial charge >= 0.3 is 11.9 Å². The number of aromatic nitrogens is 1. The molecule has 2 heterocycles. The Morgan fingerprint density at radius 3 is 2.32 bits per heavy atom. The van der Waals surface area contributed by atoms with Crippen LogP contribution >= 0.6 is 11.3 Å². The molecular weight excluding hydrogens is 492 g/mol. The number of carbonyl (C=O) groups excluding carboxylic acids is 2. The van der Waals surface area contributed by atoms with Crippen LogP contribution in [0.15, 0.2) is 64.1 Å². The van der Waals surface area contributed by atoms with Crippen molar-refractivity contribution in [1.29, 1.82) is 0 Å². The van der Waals surface area contributed by atoms with Crippen molar-refractivity contribution in [2.75, 3.05) is 28.4 Å². The van der Waals surface area contributed by atoms with Gasteiger partial charge in [-0.1, -0.05) is 18.2 Å². The fourth-order valence-electron chi connectivity index (χ4n) is 4.60. The first-order chi connectivity index (χ1) is 17.8. The molecule has 0 N–H and O–H groups in total. The summed E-state index contributed by atoms with van der Waals surface area (Å²) in [5.41, 5.74) is 4.76. The van der Waals surface area contributed by atoms with Crippen LogP contribution in [0.5, 0.6) is 11.5 Å². The van der Waals surface area contributed by atoms with E-state index in [4.69, 9.17) is 23.9 Å². The number of ether oxygens (including phenoxy) is 4. The second-order valence-electron chi connectivity index (χ2n) is 8.46. The number of allylic oxidation sites excluding steroid dienone is 1. The summed E-state index contributed by atoms with van der Waals surface area (Å²) < 4.78 is 20.9. The number of esters is 2. The van der Waals surface area contributed by atoms with Gasteiger partial charge in [-0.15, -0.1) is 11.3 Å². The lowest BCUT2D eigenvalue weighted by molar-refractivity contribution is -0.143. The van der Waals surface area contributed by atoms with Gasteiger partial charge in [0.25, 0.3) is 0 Å². The van der Waals surface area contributed by atoms with Crippen LogP contribution in [0.25, 0.3) is 21.8 Å². The molecule has 0 aliphatic carbocycles. The zero-order chi connectivity index (χ0) is 26.7. The van der Waals surface area contributed by atoms with Crippen molar-refractivity contribution < 1.29 is 28.5 Å². The molecule has 9 heteroatoms. The van der Waals surface area contributed by atoms with Crippen LogP contribution in [0.1, 0.15) is 25.3 Å². The summed E-state index contributed by atoms with van der Waals surface area (Å²) in [4.78, 5) is 34.9. The average molecular weight is 521 g/mol. The lowest BCUT2D eigenvalue weighted by atomic mass is 9.75. The summed E-state index contributed by atoms with van der Waals surface area (Å²) >= 11 is 1.50. The molecule has 0 saturated carbocycles. The quantitative estimate of drug-likeness (QED) is 0.391. The molecule has 1 aliphatic rings.